The summed E-state index contributed by atoms with van der Waals surface area (Å²) < 4.78 is 66.5. The predicted molar refractivity (Wildman–Crippen MR) is 108 cm³/mol. The van der Waals surface area contributed by atoms with Crippen molar-refractivity contribution in [2.75, 3.05) is 20.1 Å². The lowest BCUT2D eigenvalue weighted by Gasteiger charge is -2.37. The highest BCUT2D eigenvalue weighted by Gasteiger charge is 2.43. The SMILES string of the molecule is Cc1cc(S(=O)(=O)N(C)C2CCC(N3CCC(C(F)(F)F)CC3)C2)c(C)cc1Cl. The Bertz CT molecular complexity index is 852. The highest BCUT2D eigenvalue weighted by Crippen LogP contribution is 2.38. The average Bonchev–Trinajstić information content (AvgIpc) is 3.13. The molecule has 0 bridgehead atoms. The van der Waals surface area contributed by atoms with Gasteiger partial charge in [0, 0.05) is 24.2 Å². The lowest BCUT2D eigenvalue weighted by molar-refractivity contribution is -0.186. The van der Waals surface area contributed by atoms with Gasteiger partial charge in [-0.05, 0) is 82.3 Å². The normalized spacial score (nSPS) is 25.1. The van der Waals surface area contributed by atoms with Crippen molar-refractivity contribution < 1.29 is 21.6 Å². The summed E-state index contributed by atoms with van der Waals surface area (Å²) in [5.41, 5.74) is 1.32. The lowest BCUT2D eigenvalue weighted by atomic mass is 9.95. The van der Waals surface area contributed by atoms with Crippen LogP contribution in [0.1, 0.15) is 43.2 Å². The third kappa shape index (κ3) is 4.75. The van der Waals surface area contributed by atoms with Gasteiger partial charge in [-0.2, -0.15) is 17.5 Å². The van der Waals surface area contributed by atoms with Gasteiger partial charge in [0.25, 0.3) is 0 Å². The van der Waals surface area contributed by atoms with Crippen LogP contribution in [0.4, 0.5) is 13.2 Å². The number of likely N-dealkylation sites (tertiary alicyclic amines) is 1. The molecule has 9 heteroatoms. The number of rotatable bonds is 4. The van der Waals surface area contributed by atoms with E-state index in [1.54, 1.807) is 33.0 Å². The van der Waals surface area contributed by atoms with Crippen LogP contribution >= 0.6 is 11.6 Å². The van der Waals surface area contributed by atoms with Gasteiger partial charge in [-0.1, -0.05) is 11.6 Å². The minimum Gasteiger partial charge on any atom is -0.300 e. The molecule has 1 aromatic carbocycles. The molecule has 1 aromatic rings. The fraction of sp³-hybridized carbons (Fsp3) is 0.700. The molecule has 164 valence electrons. The third-order valence-electron chi connectivity index (χ3n) is 6.51. The largest absolute Gasteiger partial charge is 0.391 e. The van der Waals surface area contributed by atoms with Crippen LogP contribution in [0.3, 0.4) is 0 Å². The minimum atomic E-state index is -4.12. The van der Waals surface area contributed by atoms with Crippen molar-refractivity contribution in [2.45, 2.75) is 69.1 Å². The van der Waals surface area contributed by atoms with Crippen LogP contribution in [0, 0.1) is 19.8 Å². The summed E-state index contributed by atoms with van der Waals surface area (Å²) in [4.78, 5) is 2.37. The number of hydrogen-bond donors (Lipinski definition) is 0. The Balaban J connectivity index is 1.66. The second-order valence-corrected chi connectivity index (χ2v) is 10.7. The zero-order valence-corrected chi connectivity index (χ0v) is 18.5. The number of benzene rings is 1. The first kappa shape index (κ1) is 22.8. The molecule has 1 aliphatic heterocycles. The maximum Gasteiger partial charge on any atom is 0.391 e. The summed E-state index contributed by atoms with van der Waals surface area (Å²) in [7, 11) is -2.07. The molecule has 0 N–H and O–H groups in total. The Morgan fingerprint density at radius 3 is 2.28 bits per heavy atom. The maximum atomic E-state index is 13.2. The van der Waals surface area contributed by atoms with E-state index in [9.17, 15) is 21.6 Å². The Morgan fingerprint density at radius 1 is 1.07 bits per heavy atom. The number of aryl methyl sites for hydroxylation is 2. The van der Waals surface area contributed by atoms with E-state index in [4.69, 9.17) is 11.6 Å². The second kappa shape index (κ2) is 8.36. The molecule has 1 saturated heterocycles. The molecular formula is C20H28ClF3N2O2S. The molecule has 2 fully saturated rings. The van der Waals surface area contributed by atoms with E-state index in [2.05, 4.69) is 4.90 Å². The Hall–Kier alpha value is -0.830. The fourth-order valence-corrected chi connectivity index (χ4v) is 6.48. The van der Waals surface area contributed by atoms with E-state index in [-0.39, 0.29) is 29.8 Å². The summed E-state index contributed by atoms with van der Waals surface area (Å²) in [6.07, 6.45) is -1.69. The summed E-state index contributed by atoms with van der Waals surface area (Å²) in [5.74, 6) is -1.21. The molecule has 1 aliphatic carbocycles. The van der Waals surface area contributed by atoms with Crippen molar-refractivity contribution in [2.24, 2.45) is 5.92 Å². The van der Waals surface area contributed by atoms with Crippen molar-refractivity contribution in [3.63, 3.8) is 0 Å². The molecule has 1 saturated carbocycles. The van der Waals surface area contributed by atoms with E-state index in [1.165, 1.54) is 4.31 Å². The third-order valence-corrected chi connectivity index (χ3v) is 8.97. The Labute approximate surface area is 176 Å². The number of alkyl halides is 3. The van der Waals surface area contributed by atoms with E-state index < -0.39 is 22.1 Å². The quantitative estimate of drug-likeness (QED) is 0.660. The predicted octanol–water partition coefficient (Wildman–Crippen LogP) is 4.77. The van der Waals surface area contributed by atoms with Gasteiger partial charge in [0.2, 0.25) is 10.0 Å². The summed E-state index contributed by atoms with van der Waals surface area (Å²) >= 11 is 6.10. The van der Waals surface area contributed by atoms with Crippen molar-refractivity contribution in [3.8, 4) is 0 Å². The summed E-state index contributed by atoms with van der Waals surface area (Å²) in [6.45, 7) is 4.35. The van der Waals surface area contributed by atoms with Gasteiger partial charge in [0.1, 0.15) is 0 Å². The molecule has 2 aliphatic rings. The van der Waals surface area contributed by atoms with Crippen LogP contribution in [0.15, 0.2) is 17.0 Å². The molecule has 0 radical (unpaired) electrons. The lowest BCUT2D eigenvalue weighted by Crippen LogP contribution is -2.44. The van der Waals surface area contributed by atoms with Gasteiger partial charge in [0.15, 0.2) is 0 Å². The van der Waals surface area contributed by atoms with E-state index >= 15 is 0 Å². The molecule has 1 heterocycles. The van der Waals surface area contributed by atoms with Gasteiger partial charge in [-0.15, -0.1) is 0 Å². The average molecular weight is 453 g/mol. The first-order chi connectivity index (χ1) is 13.4. The van der Waals surface area contributed by atoms with Crippen molar-refractivity contribution in [3.05, 3.63) is 28.3 Å². The summed E-state index contributed by atoms with van der Waals surface area (Å²) in [5, 5.41) is 0.535. The van der Waals surface area contributed by atoms with Crippen molar-refractivity contribution in [1.29, 1.82) is 0 Å². The molecule has 3 rings (SSSR count). The Morgan fingerprint density at radius 2 is 1.69 bits per heavy atom. The van der Waals surface area contributed by atoms with Crippen LogP contribution in [0.25, 0.3) is 0 Å². The van der Waals surface area contributed by atoms with Gasteiger partial charge >= 0.3 is 6.18 Å². The zero-order valence-electron chi connectivity index (χ0n) is 17.0. The highest BCUT2D eigenvalue weighted by atomic mass is 35.5. The van der Waals surface area contributed by atoms with Crippen LogP contribution in [-0.4, -0.2) is 56.0 Å². The van der Waals surface area contributed by atoms with Crippen molar-refractivity contribution >= 4 is 21.6 Å². The summed E-state index contributed by atoms with van der Waals surface area (Å²) in [6, 6.07) is 3.26. The molecule has 0 aromatic heterocycles. The van der Waals surface area contributed by atoms with Crippen molar-refractivity contribution in [1.82, 2.24) is 9.21 Å². The number of sulfonamides is 1. The zero-order chi connectivity index (χ0) is 21.6. The monoisotopic (exact) mass is 452 g/mol. The first-order valence-corrected chi connectivity index (χ1v) is 11.8. The number of halogens is 4. The number of hydrogen-bond acceptors (Lipinski definition) is 3. The van der Waals surface area contributed by atoms with Gasteiger partial charge < -0.3 is 4.90 Å². The molecule has 0 spiro atoms. The molecular weight excluding hydrogens is 425 g/mol. The fourth-order valence-electron chi connectivity index (χ4n) is 4.57. The number of piperidine rings is 1. The van der Waals surface area contributed by atoms with E-state index in [0.29, 0.717) is 42.1 Å². The molecule has 0 amide bonds. The molecule has 2 atom stereocenters. The topological polar surface area (TPSA) is 40.6 Å². The smallest absolute Gasteiger partial charge is 0.300 e. The maximum absolute atomic E-state index is 13.2. The standard InChI is InChI=1S/C20H28ClF3N2O2S/c1-13-11-19(14(2)10-18(13)21)29(27,28)25(3)16-4-5-17(12-16)26-8-6-15(7-9-26)20(22,23)24/h10-11,15-17H,4-9,12H2,1-3H3. The van der Waals surface area contributed by atoms with Gasteiger partial charge in [-0.25, -0.2) is 8.42 Å². The van der Waals surface area contributed by atoms with Gasteiger partial charge in [0.05, 0.1) is 10.8 Å². The second-order valence-electron chi connectivity index (χ2n) is 8.36. The first-order valence-electron chi connectivity index (χ1n) is 9.96. The minimum absolute atomic E-state index is 0.127. The molecule has 4 nitrogen and oxygen atoms in total. The van der Waals surface area contributed by atoms with Crippen LogP contribution < -0.4 is 0 Å². The van der Waals surface area contributed by atoms with E-state index in [0.717, 1.165) is 6.42 Å². The van der Waals surface area contributed by atoms with Crippen LogP contribution in [0.2, 0.25) is 5.02 Å². The van der Waals surface area contributed by atoms with Crippen LogP contribution in [-0.2, 0) is 10.0 Å². The van der Waals surface area contributed by atoms with E-state index in [1.807, 2.05) is 0 Å². The highest BCUT2D eigenvalue weighted by molar-refractivity contribution is 7.89. The number of nitrogens with zero attached hydrogens (tertiary/aromatic N) is 2. The van der Waals surface area contributed by atoms with Gasteiger partial charge in [-0.3, -0.25) is 0 Å². The Kier molecular flexibility index (Phi) is 6.59. The molecule has 29 heavy (non-hydrogen) atoms. The molecule has 2 unspecified atom stereocenters. The van der Waals surface area contributed by atoms with Crippen LogP contribution in [0.5, 0.6) is 0 Å².